The number of hydrogen-bond acceptors (Lipinski definition) is 8. The first-order valence-electron chi connectivity index (χ1n) is 35.1. The summed E-state index contributed by atoms with van der Waals surface area (Å²) in [7, 11) is 0.189. The Hall–Kier alpha value is -10.2. The second kappa shape index (κ2) is 30.2. The number of likely N-dealkylation sites (tertiary alicyclic amines) is 1. The topological polar surface area (TPSA) is 92.7 Å². The highest BCUT2D eigenvalue weighted by atomic mass is 31.1. The predicted molar refractivity (Wildman–Crippen MR) is 440 cm³/mol. The SMILES string of the molecule is COc1cc(C)c(P(c2ccccc2)[C@@H]2CN(C(=O)OC(C)(C)C)C[C@H]2P(c2ccccc2)c2c(C)cc(C)cc2OC)c(OC)c1.c1ccc(P(c2ccccc2)c2ccc3ccccc3c2-c2c(Op3oc4ccc5ccccc5c4c4c(ccc5ccccc54)o3)ccc3ccccc23)cc1. The van der Waals surface area contributed by atoms with Gasteiger partial charge in [0.25, 0.3) is 0 Å². The molecule has 14 aromatic carbocycles. The molecule has 518 valence electrons. The van der Waals surface area contributed by atoms with Crippen molar-refractivity contribution < 1.29 is 36.7 Å². The van der Waals surface area contributed by atoms with Crippen LogP contribution in [0.2, 0.25) is 0 Å². The van der Waals surface area contributed by atoms with Gasteiger partial charge in [-0.3, -0.25) is 0 Å². The van der Waals surface area contributed by atoms with Crippen LogP contribution in [0.4, 0.5) is 4.79 Å². The highest BCUT2D eigenvalue weighted by Gasteiger charge is 2.48. The molecule has 1 amide bonds. The van der Waals surface area contributed by atoms with E-state index in [2.05, 4.69) is 306 Å². The largest absolute Gasteiger partial charge is 0.497 e. The molecule has 0 N–H and O–H groups in total. The molecule has 4 atom stereocenters. The van der Waals surface area contributed by atoms with Crippen LogP contribution in [-0.2, 0) is 4.74 Å². The van der Waals surface area contributed by atoms with Crippen molar-refractivity contribution in [3.63, 3.8) is 0 Å². The molecule has 0 bridgehead atoms. The van der Waals surface area contributed by atoms with Crippen LogP contribution in [0.3, 0.4) is 0 Å². The van der Waals surface area contributed by atoms with Gasteiger partial charge in [-0.25, -0.2) is 4.79 Å². The standard InChI is InChI=1S/C52H34O3P2.C39H47NO5P2/c1-3-19-39(20-4-1)56(40-21-5-2-6-22-40)48-34-30-38-18-10-14-26-44(38)52(48)51-43-25-13-9-17-37(43)29-33-47(51)55-57-53-45-31-27-35-15-7-11-23-41(35)49(45)50-42-24-12-8-16-36(42)28-32-46(50)54-57;1-26-20-27(2)36(32(21-26)43-8)46(30-16-12-10-13-17-30)34-24-40(38(41)45-39(4,5)6)25-35(34)47(31-18-14-11-15-19-31)37-28(3)22-29(42-7)23-33(37)44-9/h1-34H;10-23,34-35H,24-25H2,1-9H3/t;34-,35-,46?,47?/m.1/s1. The van der Waals surface area contributed by atoms with Crippen LogP contribution in [0, 0.1) is 20.8 Å². The fourth-order valence-electron chi connectivity index (χ4n) is 14.9. The molecule has 1 saturated heterocycles. The molecular weight excluding hydrogens is 1360 g/mol. The minimum Gasteiger partial charge on any atom is -0.497 e. The van der Waals surface area contributed by atoms with Crippen molar-refractivity contribution in [3.05, 3.63) is 308 Å². The molecule has 0 saturated carbocycles. The van der Waals surface area contributed by atoms with Crippen molar-refractivity contribution in [2.45, 2.75) is 58.5 Å². The number of rotatable bonds is 15. The third-order valence-corrected chi connectivity index (χ3v) is 29.3. The van der Waals surface area contributed by atoms with Gasteiger partial charge in [0, 0.05) is 63.0 Å². The van der Waals surface area contributed by atoms with Gasteiger partial charge in [0.1, 0.15) is 39.8 Å². The van der Waals surface area contributed by atoms with Crippen molar-refractivity contribution in [1.29, 1.82) is 0 Å². The van der Waals surface area contributed by atoms with E-state index < -0.39 is 37.6 Å². The molecule has 104 heavy (non-hydrogen) atoms. The summed E-state index contributed by atoms with van der Waals surface area (Å²) in [4.78, 5) is 15.8. The Kier molecular flexibility index (Phi) is 20.2. The molecule has 16 rings (SSSR count). The van der Waals surface area contributed by atoms with Crippen LogP contribution < -0.4 is 55.9 Å². The maximum absolute atomic E-state index is 13.9. The fraction of sp³-hybridized carbons (Fsp3) is 0.154. The predicted octanol–water partition coefficient (Wildman–Crippen LogP) is 21.4. The van der Waals surface area contributed by atoms with Crippen LogP contribution in [0.1, 0.15) is 37.5 Å². The molecule has 0 spiro atoms. The molecule has 9 nitrogen and oxygen atoms in total. The molecular formula is C91H81NO8P4. The van der Waals surface area contributed by atoms with Crippen molar-refractivity contribution in [2.75, 3.05) is 34.4 Å². The lowest BCUT2D eigenvalue weighted by molar-refractivity contribution is 0.0296. The van der Waals surface area contributed by atoms with Gasteiger partial charge in [-0.15, -0.1) is 0 Å². The number of carbonyl (C=O) groups excluding carboxylic acids is 1. The Labute approximate surface area is 612 Å². The quantitative estimate of drug-likeness (QED) is 0.0938. The Morgan fingerprint density at radius 1 is 0.423 bits per heavy atom. The highest BCUT2D eigenvalue weighted by Crippen LogP contribution is 2.58. The Balaban J connectivity index is 0.000000171. The second-order valence-corrected chi connectivity index (χ2v) is 35.1. The summed E-state index contributed by atoms with van der Waals surface area (Å²) in [6.07, 6.45) is -0.276. The molecule has 1 aliphatic heterocycles. The zero-order valence-electron chi connectivity index (χ0n) is 59.8. The highest BCUT2D eigenvalue weighted by molar-refractivity contribution is 7.80. The summed E-state index contributed by atoms with van der Waals surface area (Å²) in [5, 5.41) is 19.8. The number of amides is 1. The van der Waals surface area contributed by atoms with Crippen molar-refractivity contribution in [2.24, 2.45) is 0 Å². The van der Waals surface area contributed by atoms with Crippen LogP contribution in [0.25, 0.3) is 76.2 Å². The first-order chi connectivity index (χ1) is 50.7. The lowest BCUT2D eigenvalue weighted by Gasteiger charge is -2.36. The lowest BCUT2D eigenvalue weighted by Crippen LogP contribution is -2.36. The molecule has 1 aromatic heterocycles. The molecule has 2 unspecified atom stereocenters. The minimum absolute atomic E-state index is 0.0811. The zero-order chi connectivity index (χ0) is 71.6. The van der Waals surface area contributed by atoms with Crippen LogP contribution in [-0.4, -0.2) is 62.3 Å². The first kappa shape index (κ1) is 69.5. The molecule has 1 fully saturated rings. The van der Waals surface area contributed by atoms with E-state index in [4.69, 9.17) is 31.9 Å². The van der Waals surface area contributed by atoms with E-state index in [0.29, 0.717) is 18.8 Å². The Bertz CT molecular complexity index is 5560. The van der Waals surface area contributed by atoms with E-state index in [-0.39, 0.29) is 17.4 Å². The number of ether oxygens (including phenoxy) is 4. The van der Waals surface area contributed by atoms with Gasteiger partial charge >= 0.3 is 14.3 Å². The smallest absolute Gasteiger partial charge is 0.453 e. The number of nitrogens with zero attached hydrogens (tertiary/aromatic N) is 1. The Morgan fingerprint density at radius 3 is 1.30 bits per heavy atom. The normalized spacial score (nSPS) is 14.3. The second-order valence-electron chi connectivity index (χ2n) is 27.2. The van der Waals surface area contributed by atoms with Gasteiger partial charge in [-0.05, 0) is 182 Å². The van der Waals surface area contributed by atoms with E-state index in [1.807, 2.05) is 31.7 Å². The zero-order valence-corrected chi connectivity index (χ0v) is 63.4. The number of carbonyl (C=O) groups is 1. The van der Waals surface area contributed by atoms with E-state index >= 15 is 0 Å². The van der Waals surface area contributed by atoms with E-state index in [1.54, 1.807) is 21.3 Å². The average Bonchev–Trinajstić information content (AvgIpc) is 1.04. The minimum atomic E-state index is -1.97. The maximum atomic E-state index is 13.9. The van der Waals surface area contributed by atoms with Crippen molar-refractivity contribution in [1.82, 2.24) is 4.90 Å². The summed E-state index contributed by atoms with van der Waals surface area (Å²) in [6, 6.07) is 103. The van der Waals surface area contributed by atoms with Gasteiger partial charge in [0.2, 0.25) is 0 Å². The summed E-state index contributed by atoms with van der Waals surface area (Å²) in [6.45, 7) is 13.4. The Morgan fingerprint density at radius 2 is 0.827 bits per heavy atom. The third-order valence-electron chi connectivity index (χ3n) is 19.3. The van der Waals surface area contributed by atoms with Gasteiger partial charge in [0.05, 0.1) is 21.3 Å². The average molecular weight is 1440 g/mol. The number of aryl methyl sites for hydroxylation is 3. The van der Waals surface area contributed by atoms with Crippen LogP contribution in [0.5, 0.6) is 23.0 Å². The number of fused-ring (bicyclic) bond motifs is 9. The summed E-state index contributed by atoms with van der Waals surface area (Å²) in [5.74, 6) is 3.17. The molecule has 13 heteroatoms. The molecule has 2 heterocycles. The van der Waals surface area contributed by atoms with Crippen molar-refractivity contribution >= 4 is 140 Å². The summed E-state index contributed by atoms with van der Waals surface area (Å²) < 4.78 is 45.0. The van der Waals surface area contributed by atoms with Gasteiger partial charge < -0.3 is 36.8 Å². The van der Waals surface area contributed by atoms with Crippen LogP contribution >= 0.6 is 32.0 Å². The molecule has 1 aliphatic rings. The van der Waals surface area contributed by atoms with Crippen LogP contribution in [0.15, 0.2) is 300 Å². The summed E-state index contributed by atoms with van der Waals surface area (Å²) in [5.41, 5.74) is 6.69. The number of hydrogen-bond donors (Lipinski definition) is 0. The van der Waals surface area contributed by atoms with Gasteiger partial charge in [0.15, 0.2) is 0 Å². The van der Waals surface area contributed by atoms with Gasteiger partial charge in [-0.2, -0.15) is 0 Å². The van der Waals surface area contributed by atoms with E-state index in [1.165, 1.54) is 53.5 Å². The molecule has 0 radical (unpaired) electrons. The fourth-order valence-corrected chi connectivity index (χ4v) is 25.5. The summed E-state index contributed by atoms with van der Waals surface area (Å²) >= 11 is 0. The van der Waals surface area contributed by atoms with Gasteiger partial charge in [-0.1, -0.05) is 255 Å². The van der Waals surface area contributed by atoms with Crippen molar-refractivity contribution in [3.8, 4) is 34.1 Å². The monoisotopic (exact) mass is 1440 g/mol. The number of methoxy groups -OCH3 is 3. The van der Waals surface area contributed by atoms with E-state index in [0.717, 1.165) is 93.8 Å². The lowest BCUT2D eigenvalue weighted by atomic mass is 9.93. The third kappa shape index (κ3) is 14.0. The van der Waals surface area contributed by atoms with E-state index in [9.17, 15) is 4.79 Å². The molecule has 0 aliphatic carbocycles. The molecule has 15 aromatic rings. The maximum Gasteiger partial charge on any atom is 0.453 e. The number of benzene rings is 14. The first-order valence-corrected chi connectivity index (χ1v) is 40.4.